The molecule has 5 nitrogen and oxygen atoms in total. The van der Waals surface area contributed by atoms with Crippen LogP contribution in [0.4, 0.5) is 27.8 Å². The number of rotatable bonds is 5. The molecule has 31 heavy (non-hydrogen) atoms. The maximum atomic E-state index is 13.2. The molecule has 2 fully saturated rings. The maximum absolute atomic E-state index is 13.2. The van der Waals surface area contributed by atoms with E-state index in [2.05, 4.69) is 21.1 Å². The molecule has 1 saturated heterocycles. The van der Waals surface area contributed by atoms with Crippen LogP contribution in [0.1, 0.15) is 36.4 Å². The third kappa shape index (κ3) is 3.71. The third-order valence-corrected chi connectivity index (χ3v) is 6.53. The van der Waals surface area contributed by atoms with Crippen molar-refractivity contribution in [3.05, 3.63) is 41.2 Å². The molecule has 2 aromatic heterocycles. The number of nitrogens with zero attached hydrogens (tertiary/aromatic N) is 4. The minimum atomic E-state index is -4.66. The van der Waals surface area contributed by atoms with Gasteiger partial charge in [0.05, 0.1) is 11.3 Å². The summed E-state index contributed by atoms with van der Waals surface area (Å²) in [6.07, 6.45) is -0.485. The Labute approximate surface area is 175 Å². The minimum absolute atomic E-state index is 0.00248. The maximum Gasteiger partial charge on any atom is 0.419 e. The number of aromatic nitrogens is 3. The zero-order valence-corrected chi connectivity index (χ0v) is 16.6. The number of anilines is 1. The van der Waals surface area contributed by atoms with Crippen molar-refractivity contribution < 1.29 is 22.0 Å². The van der Waals surface area contributed by atoms with Crippen LogP contribution >= 0.6 is 0 Å². The molecule has 3 heterocycles. The quantitative estimate of drug-likeness (QED) is 0.557. The van der Waals surface area contributed by atoms with Gasteiger partial charge in [-0.1, -0.05) is 11.6 Å². The molecule has 1 unspecified atom stereocenters. The number of likely N-dealkylation sites (tertiary alicyclic amines) is 1. The molecule has 0 aromatic carbocycles. The Bertz CT molecular complexity index is 1020. The summed E-state index contributed by atoms with van der Waals surface area (Å²) in [6, 6.07) is 2.89. The summed E-state index contributed by atoms with van der Waals surface area (Å²) in [5.74, 6) is -0.331. The summed E-state index contributed by atoms with van der Waals surface area (Å²) < 4.78 is 67.2. The largest absolute Gasteiger partial charge is 0.419 e. The van der Waals surface area contributed by atoms with Gasteiger partial charge in [-0.3, -0.25) is 9.58 Å². The fraction of sp³-hybridized carbons (Fsp3) is 0.524. The fourth-order valence-electron chi connectivity index (χ4n) is 5.04. The molecule has 2 aromatic rings. The first-order valence-corrected chi connectivity index (χ1v) is 10.4. The van der Waals surface area contributed by atoms with E-state index in [9.17, 15) is 22.0 Å². The molecule has 5 rings (SSSR count). The normalized spacial score (nSPS) is 25.9. The number of nitrogens with two attached hydrogens (primary N) is 1. The molecule has 0 bridgehead atoms. The lowest BCUT2D eigenvalue weighted by Crippen LogP contribution is -2.30. The summed E-state index contributed by atoms with van der Waals surface area (Å²) in [5.41, 5.74) is 6.45. The number of allylic oxidation sites excluding steroid dienone is 1. The van der Waals surface area contributed by atoms with Gasteiger partial charge in [-0.15, -0.1) is 0 Å². The zero-order valence-electron chi connectivity index (χ0n) is 16.6. The first kappa shape index (κ1) is 20.4. The minimum Gasteiger partial charge on any atom is -0.383 e. The van der Waals surface area contributed by atoms with E-state index in [1.165, 1.54) is 29.3 Å². The summed E-state index contributed by atoms with van der Waals surface area (Å²) in [4.78, 5) is 6.09. The highest BCUT2D eigenvalue weighted by Crippen LogP contribution is 2.60. The fourth-order valence-corrected chi connectivity index (χ4v) is 5.04. The van der Waals surface area contributed by atoms with Gasteiger partial charge in [-0.25, -0.2) is 13.8 Å². The van der Waals surface area contributed by atoms with Crippen LogP contribution in [0.5, 0.6) is 0 Å². The van der Waals surface area contributed by atoms with E-state index in [1.54, 1.807) is 6.07 Å². The van der Waals surface area contributed by atoms with Gasteiger partial charge in [0, 0.05) is 29.4 Å². The first-order valence-electron chi connectivity index (χ1n) is 10.4. The van der Waals surface area contributed by atoms with Crippen LogP contribution in [0.25, 0.3) is 11.3 Å². The van der Waals surface area contributed by atoms with Crippen LogP contribution in [-0.4, -0.2) is 45.2 Å². The van der Waals surface area contributed by atoms with Crippen molar-refractivity contribution in [1.29, 1.82) is 0 Å². The molecule has 0 radical (unpaired) electrons. The number of nitrogen functional groups attached to an aromatic ring is 1. The highest BCUT2D eigenvalue weighted by atomic mass is 19.4. The number of alkyl halides is 5. The van der Waals surface area contributed by atoms with Gasteiger partial charge in [0.1, 0.15) is 12.4 Å². The Morgan fingerprint density at radius 1 is 1.16 bits per heavy atom. The Kier molecular flexibility index (Phi) is 4.80. The molecule has 2 aliphatic carbocycles. The molecule has 3 aliphatic rings. The van der Waals surface area contributed by atoms with E-state index >= 15 is 0 Å². The van der Waals surface area contributed by atoms with Crippen LogP contribution in [0.3, 0.4) is 0 Å². The Morgan fingerprint density at radius 2 is 1.90 bits per heavy atom. The molecule has 10 heteroatoms. The number of halogens is 5. The summed E-state index contributed by atoms with van der Waals surface area (Å²) in [5, 5.41) is 4.21. The van der Waals surface area contributed by atoms with Crippen LogP contribution in [0, 0.1) is 5.92 Å². The van der Waals surface area contributed by atoms with Crippen molar-refractivity contribution in [3.8, 4) is 11.3 Å². The predicted octanol–water partition coefficient (Wildman–Crippen LogP) is 4.32. The molecule has 0 spiro atoms. The molecule has 3 atom stereocenters. The van der Waals surface area contributed by atoms with E-state index in [4.69, 9.17) is 5.73 Å². The second-order valence-corrected chi connectivity index (χ2v) is 8.48. The van der Waals surface area contributed by atoms with Gasteiger partial charge in [-0.05, 0) is 50.4 Å². The number of fused-ring (bicyclic) bond motifs is 1. The SMILES string of the molecule is Nc1ncc(-c2cc([C@@H]3C4=CC(N5CCCC5)C[C@H]43)n(CC(F)F)n2)cc1C(F)(F)F. The topological polar surface area (TPSA) is 60.0 Å². The van der Waals surface area contributed by atoms with E-state index in [0.717, 1.165) is 25.6 Å². The second-order valence-electron chi connectivity index (χ2n) is 8.48. The second kappa shape index (κ2) is 7.29. The van der Waals surface area contributed by atoms with Gasteiger partial charge >= 0.3 is 6.18 Å². The van der Waals surface area contributed by atoms with Crippen molar-refractivity contribution in [2.24, 2.45) is 5.92 Å². The summed E-state index contributed by atoms with van der Waals surface area (Å²) >= 11 is 0. The lowest BCUT2D eigenvalue weighted by molar-refractivity contribution is -0.137. The standard InChI is InChI=1S/C21H22F5N5/c22-18(23)10-31-17(19-13-6-12(7-14(13)19)30-3-1-2-4-30)8-16(29-31)11-5-15(21(24,25)26)20(27)28-9-11/h5-6,8-9,12,14,18-19H,1-4,7,10H2,(H2,27,28)/t12?,14-,19-/m1/s1. The van der Waals surface area contributed by atoms with Crippen molar-refractivity contribution in [3.63, 3.8) is 0 Å². The Balaban J connectivity index is 1.46. The number of hydrogen-bond acceptors (Lipinski definition) is 4. The van der Waals surface area contributed by atoms with Crippen molar-refractivity contribution in [2.45, 2.75) is 50.4 Å². The molecule has 1 saturated carbocycles. The molecule has 0 amide bonds. The number of hydrogen-bond donors (Lipinski definition) is 1. The van der Waals surface area contributed by atoms with E-state index < -0.39 is 30.5 Å². The van der Waals surface area contributed by atoms with Gasteiger partial charge < -0.3 is 5.73 Å². The Morgan fingerprint density at radius 3 is 2.52 bits per heavy atom. The smallest absolute Gasteiger partial charge is 0.383 e. The van der Waals surface area contributed by atoms with Crippen LogP contribution in [0.2, 0.25) is 0 Å². The van der Waals surface area contributed by atoms with Crippen molar-refractivity contribution in [2.75, 3.05) is 18.8 Å². The van der Waals surface area contributed by atoms with E-state index in [1.807, 2.05) is 0 Å². The average molecular weight is 439 g/mol. The molecule has 1 aliphatic heterocycles. The van der Waals surface area contributed by atoms with Crippen LogP contribution < -0.4 is 5.73 Å². The van der Waals surface area contributed by atoms with Gasteiger partial charge in [0.15, 0.2) is 0 Å². The van der Waals surface area contributed by atoms with Crippen molar-refractivity contribution >= 4 is 5.82 Å². The van der Waals surface area contributed by atoms with E-state index in [-0.39, 0.29) is 17.2 Å². The average Bonchev–Trinajstić information content (AvgIpc) is 3.18. The molecule has 166 valence electrons. The molecule has 2 N–H and O–H groups in total. The molecular formula is C21H22F5N5. The van der Waals surface area contributed by atoms with Crippen molar-refractivity contribution in [1.82, 2.24) is 19.7 Å². The lowest BCUT2D eigenvalue weighted by atomic mass is 10.1. The summed E-state index contributed by atoms with van der Waals surface area (Å²) in [6.45, 7) is 1.58. The Hall–Kier alpha value is -2.49. The highest BCUT2D eigenvalue weighted by molar-refractivity contribution is 5.64. The van der Waals surface area contributed by atoms with Gasteiger partial charge in [0.2, 0.25) is 0 Å². The summed E-state index contributed by atoms with van der Waals surface area (Å²) in [7, 11) is 0. The van der Waals surface area contributed by atoms with Gasteiger partial charge in [0.25, 0.3) is 6.43 Å². The van der Waals surface area contributed by atoms with Crippen LogP contribution in [0.15, 0.2) is 30.0 Å². The molecular weight excluding hydrogens is 417 g/mol. The van der Waals surface area contributed by atoms with E-state index in [0.29, 0.717) is 17.7 Å². The lowest BCUT2D eigenvalue weighted by Gasteiger charge is -2.23. The highest BCUT2D eigenvalue weighted by Gasteiger charge is 2.52. The predicted molar refractivity (Wildman–Crippen MR) is 104 cm³/mol. The van der Waals surface area contributed by atoms with Crippen LogP contribution in [-0.2, 0) is 12.7 Å². The zero-order chi connectivity index (χ0) is 21.9. The van der Waals surface area contributed by atoms with Gasteiger partial charge in [-0.2, -0.15) is 18.3 Å². The third-order valence-electron chi connectivity index (χ3n) is 6.53. The first-order chi connectivity index (χ1) is 14.7. The number of pyridine rings is 1. The monoisotopic (exact) mass is 439 g/mol.